The molecule has 0 aliphatic carbocycles. The molecule has 0 saturated heterocycles. The number of amides is 1. The highest BCUT2D eigenvalue weighted by Gasteiger charge is 2.08. The number of nitrogens with zero attached hydrogens (tertiary/aromatic N) is 1. The maximum absolute atomic E-state index is 11.1. The molecule has 0 unspecified atom stereocenters. The van der Waals surface area contributed by atoms with E-state index < -0.39 is 0 Å². The largest absolute Gasteiger partial charge is 0.349 e. The monoisotopic (exact) mass is 155 g/mol. The first-order chi connectivity index (χ1) is 4.95. The van der Waals surface area contributed by atoms with Gasteiger partial charge in [0.15, 0.2) is 0 Å². The second-order valence-corrected chi connectivity index (χ2v) is 3.28. The molecular formula is C9H17NO. The van der Waals surface area contributed by atoms with Crippen molar-refractivity contribution in [2.75, 3.05) is 14.1 Å². The number of carbonyl (C=O) groups is 1. The summed E-state index contributed by atoms with van der Waals surface area (Å²) in [5, 5.41) is 0. The van der Waals surface area contributed by atoms with Crippen LogP contribution < -0.4 is 0 Å². The molecule has 0 saturated carbocycles. The van der Waals surface area contributed by atoms with Crippen molar-refractivity contribution in [3.05, 3.63) is 12.2 Å². The van der Waals surface area contributed by atoms with Crippen LogP contribution in [0.4, 0.5) is 0 Å². The van der Waals surface area contributed by atoms with Crippen LogP contribution >= 0.6 is 0 Å². The molecule has 0 N–H and O–H groups in total. The third-order valence-electron chi connectivity index (χ3n) is 1.69. The van der Waals surface area contributed by atoms with Gasteiger partial charge in [-0.3, -0.25) is 4.79 Å². The van der Waals surface area contributed by atoms with Crippen molar-refractivity contribution < 1.29 is 4.79 Å². The Hall–Kier alpha value is -0.790. The van der Waals surface area contributed by atoms with Crippen LogP contribution in [0.1, 0.15) is 20.3 Å². The highest BCUT2D eigenvalue weighted by molar-refractivity contribution is 5.78. The van der Waals surface area contributed by atoms with Gasteiger partial charge < -0.3 is 4.90 Å². The van der Waals surface area contributed by atoms with Gasteiger partial charge in [0.05, 0.1) is 0 Å². The first-order valence-electron chi connectivity index (χ1n) is 3.83. The van der Waals surface area contributed by atoms with E-state index in [0.717, 1.165) is 5.57 Å². The van der Waals surface area contributed by atoms with Crippen LogP contribution in [0, 0.1) is 5.92 Å². The summed E-state index contributed by atoms with van der Waals surface area (Å²) in [5.41, 5.74) is 1.00. The SMILES string of the molecule is C=C(CC(=O)N(C)C)C(C)C. The van der Waals surface area contributed by atoms with E-state index in [1.165, 1.54) is 0 Å². The fraction of sp³-hybridized carbons (Fsp3) is 0.667. The summed E-state index contributed by atoms with van der Waals surface area (Å²) in [6, 6.07) is 0. The predicted molar refractivity (Wildman–Crippen MR) is 47.3 cm³/mol. The molecule has 0 aliphatic heterocycles. The molecule has 0 aromatic rings. The Balaban J connectivity index is 3.86. The lowest BCUT2D eigenvalue weighted by Crippen LogP contribution is -2.22. The zero-order valence-corrected chi connectivity index (χ0v) is 7.85. The summed E-state index contributed by atoms with van der Waals surface area (Å²) < 4.78 is 0. The minimum Gasteiger partial charge on any atom is -0.349 e. The standard InChI is InChI=1S/C9H17NO/c1-7(2)8(3)6-9(11)10(4)5/h7H,3,6H2,1-2,4-5H3. The zero-order chi connectivity index (χ0) is 9.02. The molecule has 0 atom stereocenters. The Morgan fingerprint density at radius 2 is 1.91 bits per heavy atom. The number of carbonyl (C=O) groups excluding carboxylic acids is 1. The molecule has 0 aromatic carbocycles. The van der Waals surface area contributed by atoms with E-state index in [4.69, 9.17) is 0 Å². The van der Waals surface area contributed by atoms with Crippen molar-refractivity contribution in [2.24, 2.45) is 5.92 Å². The van der Waals surface area contributed by atoms with E-state index in [1.54, 1.807) is 19.0 Å². The topological polar surface area (TPSA) is 20.3 Å². The van der Waals surface area contributed by atoms with Crippen LogP contribution in [0.25, 0.3) is 0 Å². The van der Waals surface area contributed by atoms with Gasteiger partial charge in [-0.2, -0.15) is 0 Å². The maximum atomic E-state index is 11.1. The van der Waals surface area contributed by atoms with Crippen molar-refractivity contribution in [1.29, 1.82) is 0 Å². The first kappa shape index (κ1) is 10.2. The molecule has 0 aromatic heterocycles. The van der Waals surface area contributed by atoms with Crippen LogP contribution in [-0.2, 0) is 4.79 Å². The first-order valence-corrected chi connectivity index (χ1v) is 3.83. The summed E-state index contributed by atoms with van der Waals surface area (Å²) in [6.07, 6.45) is 0.477. The molecule has 11 heavy (non-hydrogen) atoms. The molecule has 0 spiro atoms. The van der Waals surface area contributed by atoms with Gasteiger partial charge in [0.25, 0.3) is 0 Å². The van der Waals surface area contributed by atoms with Crippen molar-refractivity contribution in [3.63, 3.8) is 0 Å². The second-order valence-electron chi connectivity index (χ2n) is 3.28. The van der Waals surface area contributed by atoms with Crippen LogP contribution in [-0.4, -0.2) is 24.9 Å². The summed E-state index contributed by atoms with van der Waals surface area (Å²) in [7, 11) is 3.52. The van der Waals surface area contributed by atoms with Gasteiger partial charge in [-0.1, -0.05) is 26.0 Å². The van der Waals surface area contributed by atoms with Crippen LogP contribution in [0.5, 0.6) is 0 Å². The second kappa shape index (κ2) is 4.16. The van der Waals surface area contributed by atoms with E-state index in [-0.39, 0.29) is 5.91 Å². The fourth-order valence-electron chi connectivity index (χ4n) is 0.556. The lowest BCUT2D eigenvalue weighted by molar-refractivity contribution is -0.128. The molecule has 0 radical (unpaired) electrons. The van der Waals surface area contributed by atoms with Crippen molar-refractivity contribution in [3.8, 4) is 0 Å². The van der Waals surface area contributed by atoms with Crippen LogP contribution in [0.15, 0.2) is 12.2 Å². The fourth-order valence-corrected chi connectivity index (χ4v) is 0.556. The minimum atomic E-state index is 0.128. The molecule has 0 aliphatic rings. The van der Waals surface area contributed by atoms with Crippen LogP contribution in [0.2, 0.25) is 0 Å². The molecule has 1 amide bonds. The van der Waals surface area contributed by atoms with Crippen molar-refractivity contribution in [2.45, 2.75) is 20.3 Å². The van der Waals surface area contributed by atoms with E-state index in [2.05, 4.69) is 6.58 Å². The Labute approximate surface area is 68.9 Å². The minimum absolute atomic E-state index is 0.128. The van der Waals surface area contributed by atoms with E-state index in [0.29, 0.717) is 12.3 Å². The summed E-state index contributed by atoms with van der Waals surface area (Å²) in [4.78, 5) is 12.7. The highest BCUT2D eigenvalue weighted by atomic mass is 16.2. The average molecular weight is 155 g/mol. The smallest absolute Gasteiger partial charge is 0.226 e. The maximum Gasteiger partial charge on any atom is 0.226 e. The molecular weight excluding hydrogens is 138 g/mol. The van der Waals surface area contributed by atoms with Crippen molar-refractivity contribution in [1.82, 2.24) is 4.90 Å². The van der Waals surface area contributed by atoms with Gasteiger partial charge in [0.2, 0.25) is 5.91 Å². The molecule has 2 nitrogen and oxygen atoms in total. The Morgan fingerprint density at radius 1 is 1.45 bits per heavy atom. The van der Waals surface area contributed by atoms with Gasteiger partial charge >= 0.3 is 0 Å². The van der Waals surface area contributed by atoms with Gasteiger partial charge in [-0.05, 0) is 5.92 Å². The third kappa shape index (κ3) is 3.81. The number of hydrogen-bond acceptors (Lipinski definition) is 1. The molecule has 64 valence electrons. The summed E-state index contributed by atoms with van der Waals surface area (Å²) in [5.74, 6) is 0.530. The molecule has 0 heterocycles. The normalized spacial score (nSPS) is 9.91. The molecule has 2 heteroatoms. The highest BCUT2D eigenvalue weighted by Crippen LogP contribution is 2.11. The van der Waals surface area contributed by atoms with Gasteiger partial charge in [-0.15, -0.1) is 0 Å². The average Bonchev–Trinajstić information content (AvgIpc) is 1.87. The predicted octanol–water partition coefficient (Wildman–Crippen LogP) is 1.68. The lowest BCUT2D eigenvalue weighted by Gasteiger charge is -2.13. The summed E-state index contributed by atoms with van der Waals surface area (Å²) in [6.45, 7) is 7.92. The Kier molecular flexibility index (Phi) is 3.86. The van der Waals surface area contributed by atoms with Gasteiger partial charge in [-0.25, -0.2) is 0 Å². The lowest BCUT2D eigenvalue weighted by atomic mass is 10.0. The number of hydrogen-bond donors (Lipinski definition) is 0. The Bertz CT molecular complexity index is 141. The third-order valence-corrected chi connectivity index (χ3v) is 1.69. The van der Waals surface area contributed by atoms with E-state index in [1.807, 2.05) is 13.8 Å². The van der Waals surface area contributed by atoms with Crippen molar-refractivity contribution >= 4 is 5.91 Å². The molecule has 0 fully saturated rings. The van der Waals surface area contributed by atoms with E-state index >= 15 is 0 Å². The zero-order valence-electron chi connectivity index (χ0n) is 7.85. The van der Waals surface area contributed by atoms with Gasteiger partial charge in [0.1, 0.15) is 0 Å². The Morgan fingerprint density at radius 3 is 2.18 bits per heavy atom. The molecule has 0 rings (SSSR count). The quantitative estimate of drug-likeness (QED) is 0.568. The van der Waals surface area contributed by atoms with Crippen LogP contribution in [0.3, 0.4) is 0 Å². The number of rotatable bonds is 3. The van der Waals surface area contributed by atoms with E-state index in [9.17, 15) is 4.79 Å². The molecule has 0 bridgehead atoms. The summed E-state index contributed by atoms with van der Waals surface area (Å²) >= 11 is 0. The van der Waals surface area contributed by atoms with Gasteiger partial charge in [0, 0.05) is 20.5 Å².